The van der Waals surface area contributed by atoms with E-state index in [9.17, 15) is 5.11 Å². The molecule has 16 heavy (non-hydrogen) atoms. The maximum Gasteiger partial charge on any atom is 0.124 e. The second-order valence-corrected chi connectivity index (χ2v) is 4.61. The van der Waals surface area contributed by atoms with Gasteiger partial charge in [-0.25, -0.2) is 0 Å². The van der Waals surface area contributed by atoms with Gasteiger partial charge in [0.15, 0.2) is 0 Å². The third-order valence-corrected chi connectivity index (χ3v) is 3.69. The lowest BCUT2D eigenvalue weighted by Gasteiger charge is -2.38. The average Bonchev–Trinajstić information content (AvgIpc) is 2.25. The highest BCUT2D eigenvalue weighted by atomic mass is 16.5. The number of hydrogen-bond donors (Lipinski definition) is 1. The molecule has 1 aliphatic heterocycles. The van der Waals surface area contributed by atoms with Gasteiger partial charge in [0.2, 0.25) is 0 Å². The Labute approximate surface area is 96.6 Å². The molecule has 1 aromatic rings. The van der Waals surface area contributed by atoms with Gasteiger partial charge >= 0.3 is 0 Å². The molecule has 0 aromatic heterocycles. The number of ether oxygens (including phenoxy) is 1. The van der Waals surface area contributed by atoms with E-state index in [1.54, 1.807) is 13.2 Å². The maximum atomic E-state index is 10.0. The first kappa shape index (κ1) is 11.3. The summed E-state index contributed by atoms with van der Waals surface area (Å²) in [6.07, 6.45) is 0.959. The van der Waals surface area contributed by atoms with E-state index in [2.05, 4.69) is 25.8 Å². The van der Waals surface area contributed by atoms with E-state index >= 15 is 0 Å². The van der Waals surface area contributed by atoms with Gasteiger partial charge in [0.1, 0.15) is 11.5 Å². The van der Waals surface area contributed by atoms with Gasteiger partial charge < -0.3 is 9.84 Å². The second-order valence-electron chi connectivity index (χ2n) is 4.61. The van der Waals surface area contributed by atoms with Gasteiger partial charge in [0.25, 0.3) is 0 Å². The zero-order valence-corrected chi connectivity index (χ0v) is 10.3. The van der Waals surface area contributed by atoms with Crippen LogP contribution in [0.25, 0.3) is 0 Å². The van der Waals surface area contributed by atoms with Crippen LogP contribution in [0.15, 0.2) is 12.1 Å². The number of likely N-dealkylation sites (N-methyl/N-ethyl adjacent to an activating group) is 1. The summed E-state index contributed by atoms with van der Waals surface area (Å²) in [5.74, 6) is 1.08. The van der Waals surface area contributed by atoms with Gasteiger partial charge in [0.05, 0.1) is 7.11 Å². The van der Waals surface area contributed by atoms with Crippen molar-refractivity contribution in [3.63, 3.8) is 0 Å². The number of rotatable bonds is 1. The molecule has 1 heterocycles. The van der Waals surface area contributed by atoms with E-state index < -0.39 is 0 Å². The van der Waals surface area contributed by atoms with Crippen molar-refractivity contribution >= 4 is 0 Å². The van der Waals surface area contributed by atoms with E-state index in [0.717, 1.165) is 17.7 Å². The van der Waals surface area contributed by atoms with Crippen LogP contribution in [0.5, 0.6) is 11.5 Å². The van der Waals surface area contributed by atoms with E-state index in [0.29, 0.717) is 11.8 Å². The van der Waals surface area contributed by atoms with Crippen LogP contribution in [-0.4, -0.2) is 30.2 Å². The number of aromatic hydroxyl groups is 1. The predicted molar refractivity (Wildman–Crippen MR) is 64.0 cm³/mol. The molecule has 2 atom stereocenters. The Morgan fingerprint density at radius 3 is 2.69 bits per heavy atom. The largest absolute Gasteiger partial charge is 0.507 e. The molecule has 2 rings (SSSR count). The first-order valence-electron chi connectivity index (χ1n) is 5.66. The first-order chi connectivity index (χ1) is 7.54. The molecule has 3 nitrogen and oxygen atoms in total. The predicted octanol–water partition coefficient (Wildman–Crippen LogP) is 2.34. The van der Waals surface area contributed by atoms with Gasteiger partial charge in [-0.2, -0.15) is 0 Å². The van der Waals surface area contributed by atoms with Crippen molar-refractivity contribution in [1.29, 1.82) is 0 Å². The van der Waals surface area contributed by atoms with Crippen molar-refractivity contribution in [3.05, 3.63) is 23.3 Å². The highest BCUT2D eigenvalue weighted by molar-refractivity contribution is 5.48. The van der Waals surface area contributed by atoms with Crippen LogP contribution in [0.4, 0.5) is 0 Å². The van der Waals surface area contributed by atoms with Crippen LogP contribution in [0.1, 0.15) is 31.0 Å². The van der Waals surface area contributed by atoms with Gasteiger partial charge in [-0.05, 0) is 38.9 Å². The molecule has 1 N–H and O–H groups in total. The topological polar surface area (TPSA) is 32.7 Å². The third-order valence-electron chi connectivity index (χ3n) is 3.69. The van der Waals surface area contributed by atoms with E-state index in [-0.39, 0.29) is 6.04 Å². The van der Waals surface area contributed by atoms with Crippen molar-refractivity contribution in [2.45, 2.75) is 32.4 Å². The highest BCUT2D eigenvalue weighted by Crippen LogP contribution is 2.39. The molecular weight excluding hydrogens is 202 g/mol. The summed E-state index contributed by atoms with van der Waals surface area (Å²) in [4.78, 5) is 2.29. The minimum atomic E-state index is 0.254. The van der Waals surface area contributed by atoms with E-state index in [1.807, 2.05) is 6.07 Å². The van der Waals surface area contributed by atoms with Crippen LogP contribution in [-0.2, 0) is 6.42 Å². The van der Waals surface area contributed by atoms with Gasteiger partial charge in [-0.1, -0.05) is 0 Å². The lowest BCUT2D eigenvalue weighted by Crippen LogP contribution is -2.37. The van der Waals surface area contributed by atoms with Gasteiger partial charge in [0, 0.05) is 23.7 Å². The Kier molecular flexibility index (Phi) is 2.80. The molecule has 0 aliphatic carbocycles. The Morgan fingerprint density at radius 1 is 1.38 bits per heavy atom. The van der Waals surface area contributed by atoms with Crippen molar-refractivity contribution < 1.29 is 9.84 Å². The maximum absolute atomic E-state index is 10.0. The Morgan fingerprint density at radius 2 is 2.06 bits per heavy atom. The summed E-state index contributed by atoms with van der Waals surface area (Å²) in [5, 5.41) is 10.0. The molecule has 0 fully saturated rings. The molecule has 88 valence electrons. The lowest BCUT2D eigenvalue weighted by molar-refractivity contribution is 0.175. The van der Waals surface area contributed by atoms with Gasteiger partial charge in [-0.3, -0.25) is 4.90 Å². The second kappa shape index (κ2) is 3.98. The van der Waals surface area contributed by atoms with Crippen molar-refractivity contribution in [2.24, 2.45) is 0 Å². The van der Waals surface area contributed by atoms with Crippen molar-refractivity contribution in [2.75, 3.05) is 14.2 Å². The van der Waals surface area contributed by atoms with Crippen LogP contribution in [0.3, 0.4) is 0 Å². The van der Waals surface area contributed by atoms with E-state index in [4.69, 9.17) is 4.74 Å². The fraction of sp³-hybridized carbons (Fsp3) is 0.538. The summed E-state index contributed by atoms with van der Waals surface area (Å²) in [5.41, 5.74) is 2.25. The van der Waals surface area contributed by atoms with Crippen LogP contribution < -0.4 is 4.74 Å². The lowest BCUT2D eigenvalue weighted by atomic mass is 9.89. The molecule has 0 unspecified atom stereocenters. The number of fused-ring (bicyclic) bond motifs is 1. The molecule has 1 aliphatic rings. The normalized spacial score (nSPS) is 25.2. The Hall–Kier alpha value is -1.22. The summed E-state index contributed by atoms with van der Waals surface area (Å²) in [6, 6.07) is 4.48. The van der Waals surface area contributed by atoms with Crippen LogP contribution in [0.2, 0.25) is 0 Å². The monoisotopic (exact) mass is 221 g/mol. The molecule has 0 saturated carbocycles. The van der Waals surface area contributed by atoms with Crippen LogP contribution in [0, 0.1) is 0 Å². The SMILES string of the molecule is COc1cc(O)c2c(c1)C[C@H](C)N(C)[C@@H]2C. The van der Waals surface area contributed by atoms with Crippen LogP contribution >= 0.6 is 0 Å². The fourth-order valence-electron chi connectivity index (χ4n) is 2.48. The standard InChI is InChI=1S/C13H19NO2/c1-8-5-10-6-11(16-4)7-12(15)13(10)9(2)14(8)3/h6-9,15H,5H2,1-4H3/t8-,9+/m0/s1. The minimum absolute atomic E-state index is 0.254. The number of phenols is 1. The minimum Gasteiger partial charge on any atom is -0.507 e. The molecule has 0 radical (unpaired) electrons. The van der Waals surface area contributed by atoms with Crippen molar-refractivity contribution in [1.82, 2.24) is 4.90 Å². The zero-order valence-electron chi connectivity index (χ0n) is 10.3. The molecular formula is C13H19NO2. The summed E-state index contributed by atoms with van der Waals surface area (Å²) in [7, 11) is 3.73. The zero-order chi connectivity index (χ0) is 11.9. The quantitative estimate of drug-likeness (QED) is 0.790. The molecule has 0 bridgehead atoms. The molecule has 0 amide bonds. The smallest absolute Gasteiger partial charge is 0.124 e. The highest BCUT2D eigenvalue weighted by Gasteiger charge is 2.29. The number of benzene rings is 1. The average molecular weight is 221 g/mol. The number of methoxy groups -OCH3 is 1. The molecule has 0 spiro atoms. The molecule has 3 heteroatoms. The van der Waals surface area contributed by atoms with E-state index in [1.165, 1.54) is 5.56 Å². The summed E-state index contributed by atoms with van der Waals surface area (Å²) >= 11 is 0. The molecule has 0 saturated heterocycles. The number of nitrogens with zero attached hydrogens (tertiary/aromatic N) is 1. The summed E-state index contributed by atoms with van der Waals surface area (Å²) < 4.78 is 5.18. The summed E-state index contributed by atoms with van der Waals surface area (Å²) in [6.45, 7) is 4.33. The number of hydrogen-bond acceptors (Lipinski definition) is 3. The number of phenolic OH excluding ortho intramolecular Hbond substituents is 1. The fourth-order valence-corrected chi connectivity index (χ4v) is 2.48. The van der Waals surface area contributed by atoms with Crippen molar-refractivity contribution in [3.8, 4) is 11.5 Å². The molecule has 1 aromatic carbocycles. The Balaban J connectivity index is 2.52. The van der Waals surface area contributed by atoms with Gasteiger partial charge in [-0.15, -0.1) is 0 Å². The first-order valence-corrected chi connectivity index (χ1v) is 5.66. The Bertz CT molecular complexity index is 403. The third kappa shape index (κ3) is 1.65.